The zero-order valence-corrected chi connectivity index (χ0v) is 15.8. The van der Waals surface area contributed by atoms with Crippen molar-refractivity contribution < 1.29 is 22.9 Å². The fourth-order valence-corrected chi connectivity index (χ4v) is 2.74. The Hall–Kier alpha value is -1.47. The average Bonchev–Trinajstić information content (AvgIpc) is 2.72. The van der Waals surface area contributed by atoms with Crippen LogP contribution >= 0.6 is 0 Å². The third kappa shape index (κ3) is 3.87. The van der Waals surface area contributed by atoms with Crippen LogP contribution in [0.1, 0.15) is 47.1 Å². The second-order valence-corrected chi connectivity index (χ2v) is 7.30. The van der Waals surface area contributed by atoms with E-state index < -0.39 is 30.0 Å². The Morgan fingerprint density at radius 1 is 1.04 bits per heavy atom. The molecule has 0 saturated carbocycles. The number of likely N-dealkylation sites (N-methyl/N-ethyl adjacent to an activating group) is 1. The van der Waals surface area contributed by atoms with Gasteiger partial charge in [0.15, 0.2) is 0 Å². The molecule has 1 fully saturated rings. The topological polar surface area (TPSA) is 38.8 Å². The van der Waals surface area contributed by atoms with Gasteiger partial charge in [0, 0.05) is 18.6 Å². The number of halogens is 2. The summed E-state index contributed by atoms with van der Waals surface area (Å²) in [7, 11) is -0.980. The van der Waals surface area contributed by atoms with Crippen molar-refractivity contribution in [1.29, 1.82) is 0 Å². The van der Waals surface area contributed by atoms with E-state index in [0.29, 0.717) is 13.1 Å². The second kappa shape index (κ2) is 7.04. The average molecular weight is 353 g/mol. The van der Waals surface area contributed by atoms with Gasteiger partial charge in [-0.15, -0.1) is 0 Å². The molecule has 7 heteroatoms. The number of benzene rings is 1. The van der Waals surface area contributed by atoms with E-state index in [1.807, 2.05) is 41.5 Å². The summed E-state index contributed by atoms with van der Waals surface area (Å²) >= 11 is 0. The molecule has 1 saturated heterocycles. The second-order valence-electron chi connectivity index (χ2n) is 7.30. The molecule has 0 spiro atoms. The molecule has 1 aliphatic heterocycles. The van der Waals surface area contributed by atoms with Gasteiger partial charge >= 0.3 is 7.12 Å². The molecular formula is C18H26BF2NO3. The lowest BCUT2D eigenvalue weighted by atomic mass is 9.78. The molecular weight excluding hydrogens is 327 g/mol. The molecule has 1 heterocycles. The first-order chi connectivity index (χ1) is 11.5. The summed E-state index contributed by atoms with van der Waals surface area (Å²) in [5, 5.41) is 0. The van der Waals surface area contributed by atoms with Crippen molar-refractivity contribution in [2.75, 3.05) is 13.1 Å². The highest BCUT2D eigenvalue weighted by Gasteiger charge is 2.52. The quantitative estimate of drug-likeness (QED) is 0.764. The number of rotatable bonds is 5. The summed E-state index contributed by atoms with van der Waals surface area (Å²) in [6.07, 6.45) is -0.173. The van der Waals surface area contributed by atoms with Crippen LogP contribution < -0.4 is 5.46 Å². The zero-order valence-electron chi connectivity index (χ0n) is 15.8. The maximum absolute atomic E-state index is 14.5. The fraction of sp³-hybridized carbons (Fsp3) is 0.611. The summed E-state index contributed by atoms with van der Waals surface area (Å²) < 4.78 is 40.6. The molecule has 1 aromatic rings. The zero-order chi connectivity index (χ0) is 19.0. The van der Waals surface area contributed by atoms with Crippen molar-refractivity contribution in [2.45, 2.75) is 59.2 Å². The molecule has 2 rings (SSSR count). The summed E-state index contributed by atoms with van der Waals surface area (Å²) in [6.45, 7) is 12.1. The maximum Gasteiger partial charge on any atom is 0.497 e. The first-order valence-electron chi connectivity index (χ1n) is 8.63. The van der Waals surface area contributed by atoms with Crippen LogP contribution in [-0.2, 0) is 20.5 Å². The van der Waals surface area contributed by atoms with Gasteiger partial charge in [-0.1, -0.05) is 0 Å². The highest BCUT2D eigenvalue weighted by Crippen LogP contribution is 2.36. The maximum atomic E-state index is 14.5. The Kier molecular flexibility index (Phi) is 5.59. The Bertz CT molecular complexity index is 644. The smallest absolute Gasteiger partial charge is 0.399 e. The van der Waals surface area contributed by atoms with Gasteiger partial charge in [0.1, 0.15) is 11.6 Å². The third-order valence-corrected chi connectivity index (χ3v) is 5.13. The van der Waals surface area contributed by atoms with Crippen LogP contribution in [0.25, 0.3) is 0 Å². The molecule has 138 valence electrons. The molecule has 0 aliphatic carbocycles. The molecule has 0 N–H and O–H groups in total. The van der Waals surface area contributed by atoms with Crippen LogP contribution in [0.15, 0.2) is 12.1 Å². The molecule has 0 bridgehead atoms. The molecule has 0 unspecified atom stereocenters. The van der Waals surface area contributed by atoms with E-state index in [4.69, 9.17) is 9.31 Å². The fourth-order valence-electron chi connectivity index (χ4n) is 2.74. The van der Waals surface area contributed by atoms with Crippen LogP contribution in [0.3, 0.4) is 0 Å². The molecule has 25 heavy (non-hydrogen) atoms. The van der Waals surface area contributed by atoms with E-state index in [1.165, 1.54) is 0 Å². The van der Waals surface area contributed by atoms with Crippen LogP contribution in [0, 0.1) is 11.6 Å². The molecule has 1 aromatic carbocycles. The highest BCUT2D eigenvalue weighted by atomic mass is 19.1. The Morgan fingerprint density at radius 3 is 2.04 bits per heavy atom. The van der Waals surface area contributed by atoms with Gasteiger partial charge in [0.05, 0.1) is 17.6 Å². The lowest BCUT2D eigenvalue weighted by molar-refractivity contribution is -0.130. The highest BCUT2D eigenvalue weighted by molar-refractivity contribution is 6.62. The number of carbonyl (C=O) groups excluding carboxylic acids is 1. The molecule has 1 amide bonds. The summed E-state index contributed by atoms with van der Waals surface area (Å²) in [5.41, 5.74) is -1.24. The van der Waals surface area contributed by atoms with Gasteiger partial charge in [0.25, 0.3) is 0 Å². The SMILES string of the molecule is CCN(CC)C(=O)Cc1cc(F)c(B2OC(C)(C)C(C)(C)O2)cc1F. The number of amides is 1. The van der Waals surface area contributed by atoms with Crippen LogP contribution in [0.5, 0.6) is 0 Å². The van der Waals surface area contributed by atoms with Gasteiger partial charge in [-0.2, -0.15) is 0 Å². The van der Waals surface area contributed by atoms with Gasteiger partial charge in [-0.25, -0.2) is 8.78 Å². The summed E-state index contributed by atoms with van der Waals surface area (Å²) in [4.78, 5) is 13.7. The summed E-state index contributed by atoms with van der Waals surface area (Å²) in [6, 6.07) is 2.14. The van der Waals surface area contributed by atoms with E-state index in [2.05, 4.69) is 0 Å². The lowest BCUT2D eigenvalue weighted by Gasteiger charge is -2.32. The standard InChI is InChI=1S/C18H26BF2NO3/c1-7-22(8-2)16(23)10-12-9-15(21)13(11-14(12)20)19-24-17(3,4)18(5,6)25-19/h9,11H,7-8,10H2,1-6H3. The molecule has 0 atom stereocenters. The minimum atomic E-state index is -0.980. The van der Waals surface area contributed by atoms with Gasteiger partial charge < -0.3 is 14.2 Å². The number of carbonyl (C=O) groups is 1. The van der Waals surface area contributed by atoms with Crippen LogP contribution in [0.4, 0.5) is 8.78 Å². The largest absolute Gasteiger partial charge is 0.497 e. The Balaban J connectivity index is 2.25. The van der Waals surface area contributed by atoms with E-state index in [-0.39, 0.29) is 23.4 Å². The Morgan fingerprint density at radius 2 is 1.56 bits per heavy atom. The first-order valence-corrected chi connectivity index (χ1v) is 8.63. The van der Waals surface area contributed by atoms with E-state index in [0.717, 1.165) is 12.1 Å². The number of hydrogen-bond acceptors (Lipinski definition) is 3. The minimum Gasteiger partial charge on any atom is -0.399 e. The minimum absolute atomic E-state index is 0.00943. The predicted octanol–water partition coefficient (Wildman–Crippen LogP) is 2.67. The third-order valence-electron chi connectivity index (χ3n) is 5.13. The van der Waals surface area contributed by atoms with Crippen molar-refractivity contribution in [3.63, 3.8) is 0 Å². The van der Waals surface area contributed by atoms with E-state index in [9.17, 15) is 13.6 Å². The van der Waals surface area contributed by atoms with Gasteiger partial charge in [-0.05, 0) is 59.2 Å². The van der Waals surface area contributed by atoms with Gasteiger partial charge in [0.2, 0.25) is 5.91 Å². The van der Waals surface area contributed by atoms with Crippen molar-refractivity contribution >= 4 is 18.5 Å². The van der Waals surface area contributed by atoms with E-state index in [1.54, 1.807) is 4.90 Å². The molecule has 1 aliphatic rings. The summed E-state index contributed by atoms with van der Waals surface area (Å²) in [5.74, 6) is -1.50. The Labute approximate surface area is 148 Å². The van der Waals surface area contributed by atoms with Crippen molar-refractivity contribution in [2.24, 2.45) is 0 Å². The van der Waals surface area contributed by atoms with Crippen molar-refractivity contribution in [3.05, 3.63) is 29.3 Å². The van der Waals surface area contributed by atoms with Crippen molar-refractivity contribution in [1.82, 2.24) is 4.90 Å². The normalized spacial score (nSPS) is 18.5. The molecule has 0 radical (unpaired) electrons. The monoisotopic (exact) mass is 353 g/mol. The number of hydrogen-bond donors (Lipinski definition) is 0. The predicted molar refractivity (Wildman–Crippen MR) is 93.7 cm³/mol. The molecule has 4 nitrogen and oxygen atoms in total. The molecule has 0 aromatic heterocycles. The lowest BCUT2D eigenvalue weighted by Crippen LogP contribution is -2.41. The van der Waals surface area contributed by atoms with Crippen molar-refractivity contribution in [3.8, 4) is 0 Å². The van der Waals surface area contributed by atoms with Gasteiger partial charge in [-0.3, -0.25) is 4.79 Å². The van der Waals surface area contributed by atoms with Crippen LogP contribution in [0.2, 0.25) is 0 Å². The number of nitrogens with zero attached hydrogens (tertiary/aromatic N) is 1. The first kappa shape index (κ1) is 19.9. The van der Waals surface area contributed by atoms with Crippen LogP contribution in [-0.4, -0.2) is 42.2 Å². The van der Waals surface area contributed by atoms with E-state index >= 15 is 0 Å².